The van der Waals surface area contributed by atoms with Gasteiger partial charge in [0.15, 0.2) is 17.1 Å². The van der Waals surface area contributed by atoms with Crippen molar-refractivity contribution in [3.63, 3.8) is 0 Å². The monoisotopic (exact) mass is 686 g/mol. The molecule has 48 heavy (non-hydrogen) atoms. The number of nitrogens with zero attached hydrogens (tertiary/aromatic N) is 4. The Labute approximate surface area is 270 Å². The number of aliphatic hydroxyl groups is 1. The van der Waals surface area contributed by atoms with Crippen LogP contribution in [0.1, 0.15) is 76.9 Å². The van der Waals surface area contributed by atoms with E-state index >= 15 is 4.39 Å². The van der Waals surface area contributed by atoms with E-state index in [1.54, 1.807) is 0 Å². The summed E-state index contributed by atoms with van der Waals surface area (Å²) in [6, 6.07) is 6.42. The van der Waals surface area contributed by atoms with Crippen LogP contribution in [0.25, 0.3) is 11.1 Å². The molecule has 4 aliphatic rings. The lowest BCUT2D eigenvalue weighted by Gasteiger charge is -2.53. The zero-order valence-electron chi connectivity index (χ0n) is 26.0. The summed E-state index contributed by atoms with van der Waals surface area (Å²) in [7, 11) is 0. The fraction of sp³-hybridized carbons (Fsp3) is 0.562. The molecule has 0 unspecified atom stereocenters. The van der Waals surface area contributed by atoms with Crippen LogP contribution in [0.5, 0.6) is 5.75 Å². The molecule has 4 fully saturated rings. The van der Waals surface area contributed by atoms with E-state index in [4.69, 9.17) is 9.26 Å². The SMILES string of the molecule is CC(C)(F)c1nc(C23CCC(CN(C(=O)OC4CC(O)(C(F)(F)F)C4)c4cc(-c5ccc(OC(F)F)cc5)c(F)cn4)(CC2)CC3)no1. The van der Waals surface area contributed by atoms with Crippen LogP contribution in [0.15, 0.2) is 41.1 Å². The van der Waals surface area contributed by atoms with E-state index in [-0.39, 0.29) is 35.1 Å². The number of aromatic nitrogens is 3. The number of alkyl halides is 6. The van der Waals surface area contributed by atoms with E-state index in [0.29, 0.717) is 44.3 Å². The first-order chi connectivity index (χ1) is 22.4. The number of ether oxygens (including phenoxy) is 2. The van der Waals surface area contributed by atoms with Gasteiger partial charge in [0.05, 0.1) is 6.20 Å². The Kier molecular flexibility index (Phi) is 8.40. The Hall–Kier alpha value is -3.95. The molecule has 2 heterocycles. The Morgan fingerprint density at radius 2 is 1.69 bits per heavy atom. The maximum absolute atomic E-state index is 15.1. The molecule has 260 valence electrons. The summed E-state index contributed by atoms with van der Waals surface area (Å²) < 4.78 is 109. The number of rotatable bonds is 9. The molecule has 1 aromatic carbocycles. The number of carbonyl (C=O) groups is 1. The Balaban J connectivity index is 1.26. The van der Waals surface area contributed by atoms with E-state index in [0.717, 1.165) is 6.20 Å². The number of pyridine rings is 1. The van der Waals surface area contributed by atoms with Gasteiger partial charge in [-0.1, -0.05) is 17.3 Å². The van der Waals surface area contributed by atoms with Gasteiger partial charge in [0.2, 0.25) is 0 Å². The lowest BCUT2D eigenvalue weighted by molar-refractivity contribution is -0.305. The molecular weight excluding hydrogens is 653 g/mol. The van der Waals surface area contributed by atoms with Gasteiger partial charge in [0.1, 0.15) is 23.5 Å². The minimum atomic E-state index is -4.89. The summed E-state index contributed by atoms with van der Waals surface area (Å²) in [6.07, 6.45) is -4.39. The van der Waals surface area contributed by atoms with Crippen LogP contribution in [0, 0.1) is 11.2 Å². The number of anilines is 1. The molecule has 0 radical (unpaired) electrons. The van der Waals surface area contributed by atoms with E-state index < -0.39 is 65.7 Å². The molecule has 16 heteroatoms. The minimum absolute atomic E-state index is 0.0241. The quantitative estimate of drug-likeness (QED) is 0.228. The first kappa shape index (κ1) is 33.9. The number of hydrogen-bond donors (Lipinski definition) is 1. The van der Waals surface area contributed by atoms with Gasteiger partial charge >= 0.3 is 18.9 Å². The van der Waals surface area contributed by atoms with Crippen molar-refractivity contribution < 1.29 is 54.6 Å². The van der Waals surface area contributed by atoms with E-state index in [1.807, 2.05) is 0 Å². The largest absolute Gasteiger partial charge is 0.446 e. The summed E-state index contributed by atoms with van der Waals surface area (Å²) in [5.74, 6) is -0.670. The minimum Gasteiger partial charge on any atom is -0.446 e. The molecule has 3 aromatic rings. The highest BCUT2D eigenvalue weighted by Crippen LogP contribution is 2.58. The van der Waals surface area contributed by atoms with Gasteiger partial charge in [-0.15, -0.1) is 0 Å². The Morgan fingerprint density at radius 1 is 1.06 bits per heavy atom. The summed E-state index contributed by atoms with van der Waals surface area (Å²) in [5.41, 5.74) is -5.47. The molecule has 0 atom stereocenters. The number of benzene rings is 1. The zero-order chi connectivity index (χ0) is 34.7. The third-order valence-electron chi connectivity index (χ3n) is 9.96. The number of amides is 1. The Bertz CT molecular complexity index is 1630. The van der Waals surface area contributed by atoms with Crippen LogP contribution in [0.3, 0.4) is 0 Å². The lowest BCUT2D eigenvalue weighted by atomic mass is 9.53. The van der Waals surface area contributed by atoms with Gasteiger partial charge in [0, 0.05) is 30.4 Å². The predicted molar refractivity (Wildman–Crippen MR) is 154 cm³/mol. The third kappa shape index (κ3) is 6.42. The summed E-state index contributed by atoms with van der Waals surface area (Å²) in [4.78, 5) is 23.3. The topological polar surface area (TPSA) is 111 Å². The van der Waals surface area contributed by atoms with Crippen LogP contribution in [0.4, 0.5) is 41.3 Å². The Morgan fingerprint density at radius 3 is 2.23 bits per heavy atom. The highest BCUT2D eigenvalue weighted by molar-refractivity contribution is 5.88. The molecule has 1 amide bonds. The number of halogens is 7. The van der Waals surface area contributed by atoms with Gasteiger partial charge in [-0.3, -0.25) is 4.90 Å². The molecule has 0 spiro atoms. The molecule has 0 saturated heterocycles. The maximum Gasteiger partial charge on any atom is 0.417 e. The van der Waals surface area contributed by atoms with Crippen LogP contribution in [-0.2, 0) is 15.8 Å². The molecule has 2 bridgehead atoms. The summed E-state index contributed by atoms with van der Waals surface area (Å²) in [6.45, 7) is -0.381. The van der Waals surface area contributed by atoms with Crippen LogP contribution in [-0.4, -0.2) is 57.4 Å². The predicted octanol–water partition coefficient (Wildman–Crippen LogP) is 7.77. The average Bonchev–Trinajstić information content (AvgIpc) is 3.53. The van der Waals surface area contributed by atoms with Crippen molar-refractivity contribution in [2.75, 3.05) is 11.4 Å². The van der Waals surface area contributed by atoms with Crippen molar-refractivity contribution in [1.29, 1.82) is 0 Å². The molecule has 0 aliphatic heterocycles. The normalized spacial score (nSPS) is 27.1. The number of hydrogen-bond acceptors (Lipinski definition) is 8. The number of carbonyl (C=O) groups excluding carboxylic acids is 1. The molecule has 9 nitrogen and oxygen atoms in total. The summed E-state index contributed by atoms with van der Waals surface area (Å²) >= 11 is 0. The third-order valence-corrected chi connectivity index (χ3v) is 9.96. The van der Waals surface area contributed by atoms with Crippen molar-refractivity contribution >= 4 is 11.9 Å². The van der Waals surface area contributed by atoms with Crippen molar-refractivity contribution in [2.45, 2.75) is 101 Å². The van der Waals surface area contributed by atoms with Gasteiger partial charge in [-0.2, -0.15) is 26.9 Å². The highest BCUT2D eigenvalue weighted by atomic mass is 19.4. The zero-order valence-corrected chi connectivity index (χ0v) is 26.0. The first-order valence-corrected chi connectivity index (χ1v) is 15.4. The van der Waals surface area contributed by atoms with Gasteiger partial charge in [-0.05, 0) is 81.5 Å². The molecule has 1 N–H and O–H groups in total. The molecular formula is C32H33F7N4O5. The van der Waals surface area contributed by atoms with Crippen LogP contribution >= 0.6 is 0 Å². The van der Waals surface area contributed by atoms with Crippen molar-refractivity contribution in [2.24, 2.45) is 5.41 Å². The standard InChI is InChI=1S/C32H33F7N4O5/c1-28(2,36)25-41-24(42-48-25)30-10-7-29(8-11-30,9-12-30)17-43(27(44)47-20-14-31(45,15-20)32(37,38)39)23-13-21(22(33)16-40-23)18-3-5-19(6-4-18)46-26(34)35/h3-6,13,16,20,26,45H,7-12,14-15,17H2,1-2H3. The second-order valence-corrected chi connectivity index (χ2v) is 13.6. The van der Waals surface area contributed by atoms with Crippen molar-refractivity contribution in [3.8, 4) is 16.9 Å². The molecule has 4 saturated carbocycles. The highest BCUT2D eigenvalue weighted by Gasteiger charge is 2.63. The van der Waals surface area contributed by atoms with Gasteiger partial charge in [-0.25, -0.2) is 18.6 Å². The second-order valence-electron chi connectivity index (χ2n) is 13.6. The lowest BCUT2D eigenvalue weighted by Crippen LogP contribution is -2.59. The van der Waals surface area contributed by atoms with Crippen LogP contribution < -0.4 is 9.64 Å². The second kappa shape index (κ2) is 11.9. The fourth-order valence-electron chi connectivity index (χ4n) is 6.92. The van der Waals surface area contributed by atoms with E-state index in [1.165, 1.54) is 49.1 Å². The maximum atomic E-state index is 15.1. The molecule has 7 rings (SSSR count). The van der Waals surface area contributed by atoms with Crippen LogP contribution in [0.2, 0.25) is 0 Å². The van der Waals surface area contributed by atoms with Crippen molar-refractivity contribution in [1.82, 2.24) is 15.1 Å². The van der Waals surface area contributed by atoms with E-state index in [9.17, 15) is 36.2 Å². The van der Waals surface area contributed by atoms with Gasteiger partial charge < -0.3 is 19.1 Å². The fourth-order valence-corrected chi connectivity index (χ4v) is 6.92. The van der Waals surface area contributed by atoms with Crippen molar-refractivity contribution in [3.05, 3.63) is 54.1 Å². The molecule has 4 aliphatic carbocycles. The first-order valence-electron chi connectivity index (χ1n) is 15.4. The molecule has 2 aromatic heterocycles. The summed E-state index contributed by atoms with van der Waals surface area (Å²) in [5, 5.41) is 14.0. The smallest absolute Gasteiger partial charge is 0.417 e. The number of fused-ring (bicyclic) bond motifs is 3. The average molecular weight is 687 g/mol. The van der Waals surface area contributed by atoms with Gasteiger partial charge in [0.25, 0.3) is 5.89 Å². The van der Waals surface area contributed by atoms with E-state index in [2.05, 4.69) is 19.9 Å².